The second-order valence-corrected chi connectivity index (χ2v) is 3.39. The molecule has 0 bridgehead atoms. The summed E-state index contributed by atoms with van der Waals surface area (Å²) in [5.74, 6) is -0.0995. The molecule has 0 amide bonds. The molecule has 1 atom stereocenters. The van der Waals surface area contributed by atoms with Gasteiger partial charge in [-0.1, -0.05) is 13.8 Å². The Morgan fingerprint density at radius 2 is 1.73 bits per heavy atom. The topological polar surface area (TPSA) is 47.6 Å². The fourth-order valence-electron chi connectivity index (χ4n) is 1.24. The quantitative estimate of drug-likeness (QED) is 0.678. The van der Waals surface area contributed by atoms with E-state index in [2.05, 4.69) is 14.8 Å². The third kappa shape index (κ3) is 6.47. The number of rotatable bonds is 1. The Morgan fingerprint density at radius 1 is 1.27 bits per heavy atom. The van der Waals surface area contributed by atoms with Crippen LogP contribution >= 0.6 is 0 Å². The van der Waals surface area contributed by atoms with Gasteiger partial charge in [0.2, 0.25) is 0 Å². The van der Waals surface area contributed by atoms with Crippen molar-refractivity contribution in [2.45, 2.75) is 27.2 Å². The van der Waals surface area contributed by atoms with E-state index in [4.69, 9.17) is 0 Å². The van der Waals surface area contributed by atoms with Crippen LogP contribution in [0.2, 0.25) is 0 Å². The predicted octanol–water partition coefficient (Wildman–Crippen LogP) is 1.45. The Balaban J connectivity index is 0. The van der Waals surface area contributed by atoms with Crippen molar-refractivity contribution in [1.82, 2.24) is 5.32 Å². The second kappa shape index (κ2) is 9.93. The Kier molecular flexibility index (Phi) is 11.1. The van der Waals surface area contributed by atoms with Crippen LogP contribution in [0.1, 0.15) is 27.2 Å². The molecule has 92 valence electrons. The van der Waals surface area contributed by atoms with E-state index in [1.165, 1.54) is 7.11 Å². The molecule has 4 nitrogen and oxygen atoms in total. The van der Waals surface area contributed by atoms with Gasteiger partial charge < -0.3 is 14.8 Å². The van der Waals surface area contributed by atoms with Crippen LogP contribution in [0.15, 0.2) is 0 Å². The van der Waals surface area contributed by atoms with Crippen molar-refractivity contribution in [2.75, 3.05) is 34.4 Å². The van der Waals surface area contributed by atoms with Crippen molar-refractivity contribution in [2.24, 2.45) is 5.41 Å². The van der Waals surface area contributed by atoms with Crippen molar-refractivity contribution in [3.05, 3.63) is 0 Å². The van der Waals surface area contributed by atoms with Gasteiger partial charge in [0.25, 0.3) is 0 Å². The number of ether oxygens (including phenoxy) is 2. The Hall–Kier alpha value is -0.610. The first-order chi connectivity index (χ1) is 7.10. The number of carbonyl (C=O) groups is 1. The highest BCUT2D eigenvalue weighted by atomic mass is 16.5. The molecule has 15 heavy (non-hydrogen) atoms. The third-order valence-electron chi connectivity index (χ3n) is 2.05. The van der Waals surface area contributed by atoms with Crippen LogP contribution in [0.4, 0.5) is 0 Å². The van der Waals surface area contributed by atoms with Gasteiger partial charge in [0.15, 0.2) is 0 Å². The van der Waals surface area contributed by atoms with Crippen LogP contribution < -0.4 is 5.32 Å². The highest BCUT2D eigenvalue weighted by Gasteiger charge is 2.37. The molecular weight excluding hydrogens is 194 g/mol. The average Bonchev–Trinajstić information content (AvgIpc) is 2.69. The molecule has 4 heteroatoms. The molecule has 1 N–H and O–H groups in total. The average molecular weight is 219 g/mol. The van der Waals surface area contributed by atoms with Crippen molar-refractivity contribution < 1.29 is 14.3 Å². The number of nitrogens with one attached hydrogen (secondary N) is 1. The number of hydrogen-bond acceptors (Lipinski definition) is 4. The summed E-state index contributed by atoms with van der Waals surface area (Å²) in [6.45, 7) is 7.60. The molecule has 1 aliphatic heterocycles. The van der Waals surface area contributed by atoms with Crippen LogP contribution in [-0.2, 0) is 14.3 Å². The first-order valence-corrected chi connectivity index (χ1v) is 5.30. The minimum atomic E-state index is -0.269. The lowest BCUT2D eigenvalue weighted by Crippen LogP contribution is -2.31. The van der Waals surface area contributed by atoms with E-state index in [9.17, 15) is 4.79 Å². The van der Waals surface area contributed by atoms with Crippen LogP contribution in [0.3, 0.4) is 0 Å². The van der Waals surface area contributed by atoms with Crippen molar-refractivity contribution in [3.8, 4) is 0 Å². The zero-order chi connectivity index (χ0) is 12.3. The van der Waals surface area contributed by atoms with E-state index in [0.717, 1.165) is 19.5 Å². The summed E-state index contributed by atoms with van der Waals surface area (Å²) in [6.07, 6.45) is 0.889. The van der Waals surface area contributed by atoms with E-state index in [1.807, 2.05) is 20.8 Å². The standard InChI is InChI=1S/C7H13NO2.C2H6O.C2H6/c1-7(6(9)10-2)3-4-8-5-7;1-3-2;1-2/h8H,3-5H2,1-2H3;1-2H3;1-2H3/t7-;;/m1../s1. The van der Waals surface area contributed by atoms with Gasteiger partial charge in [-0.25, -0.2) is 0 Å². The molecule has 0 saturated carbocycles. The molecule has 0 aromatic heterocycles. The van der Waals surface area contributed by atoms with Crippen LogP contribution in [0, 0.1) is 5.41 Å². The molecule has 0 radical (unpaired) electrons. The lowest BCUT2D eigenvalue weighted by molar-refractivity contribution is -0.150. The number of carbonyl (C=O) groups excluding carboxylic acids is 1. The monoisotopic (exact) mass is 219 g/mol. The van der Waals surface area contributed by atoms with Crippen molar-refractivity contribution in [3.63, 3.8) is 0 Å². The molecule has 1 rings (SSSR count). The Labute approximate surface area is 93.3 Å². The molecule has 0 aromatic carbocycles. The van der Waals surface area contributed by atoms with Gasteiger partial charge in [-0.15, -0.1) is 0 Å². The summed E-state index contributed by atoms with van der Waals surface area (Å²) in [5.41, 5.74) is -0.269. The van der Waals surface area contributed by atoms with Gasteiger partial charge in [-0.05, 0) is 19.9 Å². The van der Waals surface area contributed by atoms with Gasteiger partial charge >= 0.3 is 5.97 Å². The number of esters is 1. The first-order valence-electron chi connectivity index (χ1n) is 5.30. The maximum atomic E-state index is 11.1. The van der Waals surface area contributed by atoms with E-state index >= 15 is 0 Å². The molecule has 0 unspecified atom stereocenters. The van der Waals surface area contributed by atoms with Gasteiger partial charge in [0, 0.05) is 20.8 Å². The molecule has 1 fully saturated rings. The maximum absolute atomic E-state index is 11.1. The molecular formula is C11H25NO3. The lowest BCUT2D eigenvalue weighted by Gasteiger charge is -2.18. The summed E-state index contributed by atoms with van der Waals surface area (Å²) >= 11 is 0. The van der Waals surface area contributed by atoms with E-state index < -0.39 is 0 Å². The van der Waals surface area contributed by atoms with Crippen LogP contribution in [-0.4, -0.2) is 40.4 Å². The van der Waals surface area contributed by atoms with E-state index in [1.54, 1.807) is 14.2 Å². The molecule has 1 aliphatic rings. The maximum Gasteiger partial charge on any atom is 0.312 e. The molecule has 1 saturated heterocycles. The van der Waals surface area contributed by atoms with Crippen molar-refractivity contribution >= 4 is 5.97 Å². The summed E-state index contributed by atoms with van der Waals surface area (Å²) in [5, 5.41) is 3.13. The normalized spacial score (nSPS) is 23.1. The third-order valence-corrected chi connectivity index (χ3v) is 2.05. The summed E-state index contributed by atoms with van der Waals surface area (Å²) in [4.78, 5) is 11.1. The molecule has 0 aromatic rings. The summed E-state index contributed by atoms with van der Waals surface area (Å²) in [7, 11) is 4.69. The van der Waals surface area contributed by atoms with Crippen molar-refractivity contribution in [1.29, 1.82) is 0 Å². The minimum absolute atomic E-state index is 0.0995. The van der Waals surface area contributed by atoms with Crippen LogP contribution in [0.5, 0.6) is 0 Å². The van der Waals surface area contributed by atoms with Gasteiger partial charge in [0.1, 0.15) is 0 Å². The molecule has 0 aliphatic carbocycles. The van der Waals surface area contributed by atoms with Gasteiger partial charge in [-0.2, -0.15) is 0 Å². The molecule has 0 spiro atoms. The zero-order valence-electron chi connectivity index (χ0n) is 10.8. The molecule has 1 heterocycles. The van der Waals surface area contributed by atoms with E-state index in [-0.39, 0.29) is 11.4 Å². The SMILES string of the molecule is CC.COC.COC(=O)[C@]1(C)CCNC1. The number of methoxy groups -OCH3 is 2. The fourth-order valence-corrected chi connectivity index (χ4v) is 1.24. The van der Waals surface area contributed by atoms with Gasteiger partial charge in [-0.3, -0.25) is 4.79 Å². The lowest BCUT2D eigenvalue weighted by atomic mass is 9.90. The predicted molar refractivity (Wildman–Crippen MR) is 61.9 cm³/mol. The highest BCUT2D eigenvalue weighted by molar-refractivity contribution is 5.76. The number of hydrogen-bond donors (Lipinski definition) is 1. The van der Waals surface area contributed by atoms with Crippen LogP contribution in [0.25, 0.3) is 0 Å². The fraction of sp³-hybridized carbons (Fsp3) is 0.909. The summed E-state index contributed by atoms with van der Waals surface area (Å²) in [6, 6.07) is 0. The van der Waals surface area contributed by atoms with Gasteiger partial charge in [0.05, 0.1) is 12.5 Å². The largest absolute Gasteiger partial charge is 0.469 e. The second-order valence-electron chi connectivity index (χ2n) is 3.39. The minimum Gasteiger partial charge on any atom is -0.469 e. The Morgan fingerprint density at radius 3 is 2.00 bits per heavy atom. The zero-order valence-corrected chi connectivity index (χ0v) is 10.8. The Bertz CT molecular complexity index is 154. The van der Waals surface area contributed by atoms with E-state index in [0.29, 0.717) is 0 Å². The highest BCUT2D eigenvalue weighted by Crippen LogP contribution is 2.25. The first kappa shape index (κ1) is 16.8. The smallest absolute Gasteiger partial charge is 0.312 e. The summed E-state index contributed by atoms with van der Waals surface area (Å²) < 4.78 is 8.91.